The van der Waals surface area contributed by atoms with Crippen molar-refractivity contribution in [1.29, 1.82) is 0 Å². The van der Waals surface area contributed by atoms with Crippen LogP contribution in [0.2, 0.25) is 0 Å². The second kappa shape index (κ2) is 7.92. The van der Waals surface area contributed by atoms with Crippen molar-refractivity contribution in [3.05, 3.63) is 47.4 Å². The van der Waals surface area contributed by atoms with Gasteiger partial charge in [-0.2, -0.15) is 0 Å². The predicted molar refractivity (Wildman–Crippen MR) is 122 cm³/mol. The second-order valence-corrected chi connectivity index (χ2v) is 10.1. The lowest BCUT2D eigenvalue weighted by Gasteiger charge is -2.27. The number of aliphatic imine (C=N–C) groups is 1. The fourth-order valence-electron chi connectivity index (χ4n) is 5.03. The zero-order chi connectivity index (χ0) is 23.3. The fourth-order valence-corrected chi connectivity index (χ4v) is 5.78. The number of carbonyl (C=O) groups is 1. The Hall–Kier alpha value is -3.31. The summed E-state index contributed by atoms with van der Waals surface area (Å²) in [5.74, 6) is 0.937. The van der Waals surface area contributed by atoms with E-state index in [9.17, 15) is 13.2 Å². The van der Waals surface area contributed by atoms with E-state index in [0.29, 0.717) is 29.3 Å². The lowest BCUT2D eigenvalue weighted by atomic mass is 9.88. The van der Waals surface area contributed by atoms with E-state index in [4.69, 9.17) is 20.6 Å². The van der Waals surface area contributed by atoms with Crippen LogP contribution in [0, 0.1) is 17.8 Å². The highest BCUT2D eigenvalue weighted by Gasteiger charge is 2.47. The number of ether oxygens (including phenoxy) is 1. The predicted octanol–water partition coefficient (Wildman–Crippen LogP) is 1.07. The molecule has 2 aromatic rings. The Labute approximate surface area is 191 Å². The van der Waals surface area contributed by atoms with Crippen molar-refractivity contribution in [3.8, 4) is 5.75 Å². The highest BCUT2D eigenvalue weighted by Crippen LogP contribution is 2.45. The van der Waals surface area contributed by atoms with Gasteiger partial charge in [-0.1, -0.05) is 18.2 Å². The number of nitrogens with two attached hydrogens (primary N) is 2. The Kier molecular flexibility index (Phi) is 5.17. The van der Waals surface area contributed by atoms with Gasteiger partial charge in [-0.15, -0.1) is 0 Å². The number of nitrogens with zero attached hydrogens (tertiary/aromatic N) is 3. The van der Waals surface area contributed by atoms with Crippen molar-refractivity contribution in [3.63, 3.8) is 0 Å². The first-order valence-electron chi connectivity index (χ1n) is 10.6. The first kappa shape index (κ1) is 21.5. The minimum atomic E-state index is -3.96. The van der Waals surface area contributed by atoms with Gasteiger partial charge >= 0.3 is 0 Å². The average Bonchev–Trinajstić information content (AvgIpc) is 3.49. The van der Waals surface area contributed by atoms with Crippen LogP contribution in [0.15, 0.2) is 40.2 Å². The smallest absolute Gasteiger partial charge is 0.241 e. The zero-order valence-electron chi connectivity index (χ0n) is 17.9. The number of nitrogens with one attached hydrogen (secondary N) is 1. The molecule has 2 heterocycles. The number of primary amides is 1. The maximum Gasteiger partial charge on any atom is 0.241 e. The van der Waals surface area contributed by atoms with E-state index < -0.39 is 10.0 Å². The lowest BCUT2D eigenvalue weighted by Crippen LogP contribution is -2.41. The van der Waals surface area contributed by atoms with Crippen LogP contribution >= 0.6 is 0 Å². The first-order valence-corrected chi connectivity index (χ1v) is 12.2. The van der Waals surface area contributed by atoms with E-state index in [1.54, 1.807) is 18.3 Å². The fraction of sp³-hybridized carbons (Fsp3) is 0.364. The Balaban J connectivity index is 1.47. The molecule has 1 aromatic carbocycles. The van der Waals surface area contributed by atoms with Gasteiger partial charge in [-0.3, -0.25) is 9.79 Å². The summed E-state index contributed by atoms with van der Waals surface area (Å²) in [5, 5.41) is 8.77. The van der Waals surface area contributed by atoms with Crippen molar-refractivity contribution in [2.75, 3.05) is 12.4 Å². The minimum Gasteiger partial charge on any atom is -0.495 e. The molecule has 1 amide bonds. The van der Waals surface area contributed by atoms with Gasteiger partial charge in [0.2, 0.25) is 15.9 Å². The van der Waals surface area contributed by atoms with E-state index in [0.717, 1.165) is 12.1 Å². The molecule has 0 radical (unpaired) electrons. The van der Waals surface area contributed by atoms with Crippen molar-refractivity contribution in [2.45, 2.75) is 30.2 Å². The van der Waals surface area contributed by atoms with Crippen molar-refractivity contribution < 1.29 is 17.9 Å². The topological polar surface area (TPSA) is 163 Å². The molecule has 0 saturated heterocycles. The lowest BCUT2D eigenvalue weighted by molar-refractivity contribution is -0.122. The van der Waals surface area contributed by atoms with Crippen molar-refractivity contribution in [2.24, 2.45) is 33.6 Å². The van der Waals surface area contributed by atoms with Gasteiger partial charge in [0.25, 0.3) is 0 Å². The summed E-state index contributed by atoms with van der Waals surface area (Å²) in [4.78, 5) is 25.8. The molecule has 5 N–H and O–H groups in total. The van der Waals surface area contributed by atoms with E-state index in [1.165, 1.54) is 13.2 Å². The van der Waals surface area contributed by atoms with Crippen LogP contribution < -0.4 is 20.9 Å². The standard InChI is InChI=1S/C22H24N6O4S/c1-32-15-5-2-11(8-16(15)33(24,30)31)9-17-26-14-6-7-25-20(14)22(27-17)28-19-13-4-3-12(10-13)18(19)21(23)29/h2-5,7-8,12-13,18-19H,6,9-10H2,1H3,(H2,23,29)(H2,24,30,31)(H,26,27,28). The highest BCUT2D eigenvalue weighted by molar-refractivity contribution is 7.89. The van der Waals surface area contributed by atoms with Crippen LogP contribution in [0.5, 0.6) is 5.75 Å². The number of anilines is 1. The number of hydrogen-bond donors (Lipinski definition) is 3. The quantitative estimate of drug-likeness (QED) is 0.512. The minimum absolute atomic E-state index is 0.0941. The number of benzene rings is 1. The molecule has 10 nitrogen and oxygen atoms in total. The summed E-state index contributed by atoms with van der Waals surface area (Å²) in [7, 11) is -2.58. The summed E-state index contributed by atoms with van der Waals surface area (Å²) in [6.45, 7) is 0. The van der Waals surface area contributed by atoms with E-state index in [-0.39, 0.29) is 46.8 Å². The van der Waals surface area contributed by atoms with Gasteiger partial charge in [0.1, 0.15) is 22.2 Å². The maximum atomic E-state index is 12.1. The normalized spacial score (nSPS) is 24.8. The molecule has 172 valence electrons. The SMILES string of the molecule is COc1ccc(Cc2nc3c(c(NC4C5C=CC(C5)C4C(N)=O)n2)N=CC3)cc1S(N)(=O)=O. The number of amides is 1. The van der Waals surface area contributed by atoms with Crippen molar-refractivity contribution >= 4 is 33.7 Å². The largest absolute Gasteiger partial charge is 0.495 e. The third kappa shape index (κ3) is 3.87. The Morgan fingerprint density at radius 3 is 2.76 bits per heavy atom. The number of rotatable bonds is 7. The second-order valence-electron chi connectivity index (χ2n) is 8.55. The average molecular weight is 469 g/mol. The van der Waals surface area contributed by atoms with Gasteiger partial charge in [0.05, 0.1) is 18.7 Å². The molecule has 4 atom stereocenters. The Bertz CT molecular complexity index is 1310. The number of fused-ring (bicyclic) bond motifs is 3. The summed E-state index contributed by atoms with van der Waals surface area (Å²) in [6.07, 6.45) is 7.70. The Morgan fingerprint density at radius 2 is 2.03 bits per heavy atom. The molecule has 1 saturated carbocycles. The van der Waals surface area contributed by atoms with E-state index in [1.807, 2.05) is 0 Å². The van der Waals surface area contributed by atoms with Crippen LogP contribution in [0.25, 0.3) is 0 Å². The summed E-state index contributed by atoms with van der Waals surface area (Å²) < 4.78 is 29.1. The Morgan fingerprint density at radius 1 is 1.24 bits per heavy atom. The van der Waals surface area contributed by atoms with Gasteiger partial charge in [0, 0.05) is 25.1 Å². The number of carbonyl (C=O) groups excluding carboxylic acids is 1. The molecule has 1 aromatic heterocycles. The monoisotopic (exact) mass is 468 g/mol. The van der Waals surface area contributed by atoms with E-state index >= 15 is 0 Å². The summed E-state index contributed by atoms with van der Waals surface area (Å²) >= 11 is 0. The highest BCUT2D eigenvalue weighted by atomic mass is 32.2. The molecule has 2 aliphatic carbocycles. The van der Waals surface area contributed by atoms with Crippen molar-refractivity contribution in [1.82, 2.24) is 9.97 Å². The number of primary sulfonamides is 1. The van der Waals surface area contributed by atoms with Crippen LogP contribution in [0.4, 0.5) is 11.5 Å². The van der Waals surface area contributed by atoms with E-state index in [2.05, 4.69) is 27.4 Å². The van der Waals surface area contributed by atoms with Crippen LogP contribution in [-0.4, -0.2) is 43.7 Å². The van der Waals surface area contributed by atoms with Crippen LogP contribution in [0.1, 0.15) is 23.5 Å². The molecule has 11 heteroatoms. The molecule has 3 aliphatic rings. The third-order valence-electron chi connectivity index (χ3n) is 6.50. The number of sulfonamides is 1. The van der Waals surface area contributed by atoms with Gasteiger partial charge in [-0.25, -0.2) is 23.5 Å². The zero-order valence-corrected chi connectivity index (χ0v) is 18.7. The van der Waals surface area contributed by atoms with Crippen LogP contribution in [0.3, 0.4) is 0 Å². The maximum absolute atomic E-state index is 12.1. The molecular weight excluding hydrogens is 444 g/mol. The third-order valence-corrected chi connectivity index (χ3v) is 7.43. The number of methoxy groups -OCH3 is 1. The number of aromatic nitrogens is 2. The molecule has 4 unspecified atom stereocenters. The molecule has 0 spiro atoms. The first-order chi connectivity index (χ1) is 15.7. The molecule has 1 fully saturated rings. The van der Waals surface area contributed by atoms with Gasteiger partial charge < -0.3 is 15.8 Å². The molecule has 5 rings (SSSR count). The summed E-state index contributed by atoms with van der Waals surface area (Å²) in [6, 6.07) is 4.62. The molecule has 33 heavy (non-hydrogen) atoms. The molecule has 1 aliphatic heterocycles. The van der Waals surface area contributed by atoms with Crippen LogP contribution in [-0.2, 0) is 27.7 Å². The number of allylic oxidation sites excluding steroid dienone is 1. The van der Waals surface area contributed by atoms with Gasteiger partial charge in [0.15, 0.2) is 5.82 Å². The van der Waals surface area contributed by atoms with Gasteiger partial charge in [-0.05, 0) is 36.0 Å². The molecule has 2 bridgehead atoms. The summed E-state index contributed by atoms with van der Waals surface area (Å²) in [5.41, 5.74) is 7.81. The number of hydrogen-bond acceptors (Lipinski definition) is 8. The molecular formula is C22H24N6O4S.